The molecule has 0 atom stereocenters. The molecule has 1 aromatic carbocycles. The van der Waals surface area contributed by atoms with Gasteiger partial charge >= 0.3 is 0 Å². The van der Waals surface area contributed by atoms with Crippen molar-refractivity contribution >= 4 is 0 Å². The van der Waals surface area contributed by atoms with Gasteiger partial charge in [0.2, 0.25) is 0 Å². The van der Waals surface area contributed by atoms with E-state index in [1.165, 1.54) is 7.11 Å². The quantitative estimate of drug-likeness (QED) is 0.797. The summed E-state index contributed by atoms with van der Waals surface area (Å²) in [6.07, 6.45) is 1.87. The Bertz CT molecular complexity index is 388. The lowest BCUT2D eigenvalue weighted by atomic mass is 9.95. The standard InChI is InChI=1S/C11H14FNO2/c1-15-10-4-7(9(14)5-8(10)12)11(6-13)2-3-11/h4-5,14H,2-3,6,13H2,1H3. The Balaban J connectivity index is 2.47. The molecule has 1 aliphatic rings. The first-order chi connectivity index (χ1) is 7.13. The molecule has 0 radical (unpaired) electrons. The van der Waals surface area contributed by atoms with E-state index in [1.54, 1.807) is 6.07 Å². The van der Waals surface area contributed by atoms with Crippen LogP contribution in [0.4, 0.5) is 4.39 Å². The zero-order valence-electron chi connectivity index (χ0n) is 8.59. The SMILES string of the molecule is COc1cc(C2(CN)CC2)c(O)cc1F. The fourth-order valence-corrected chi connectivity index (χ4v) is 1.86. The number of phenolic OH excluding ortho intramolecular Hbond substituents is 1. The molecule has 1 aromatic rings. The maximum Gasteiger partial charge on any atom is 0.168 e. The zero-order chi connectivity index (χ0) is 11.1. The second-order valence-corrected chi connectivity index (χ2v) is 3.99. The fraction of sp³-hybridized carbons (Fsp3) is 0.455. The van der Waals surface area contributed by atoms with Crippen molar-refractivity contribution in [1.29, 1.82) is 0 Å². The van der Waals surface area contributed by atoms with Crippen LogP contribution in [-0.2, 0) is 5.41 Å². The Morgan fingerprint density at radius 2 is 2.20 bits per heavy atom. The van der Waals surface area contributed by atoms with Crippen LogP contribution in [-0.4, -0.2) is 18.8 Å². The predicted molar refractivity (Wildman–Crippen MR) is 54.6 cm³/mol. The van der Waals surface area contributed by atoms with Gasteiger partial charge in [-0.25, -0.2) is 4.39 Å². The smallest absolute Gasteiger partial charge is 0.168 e. The van der Waals surface area contributed by atoms with Gasteiger partial charge in [-0.15, -0.1) is 0 Å². The van der Waals surface area contributed by atoms with E-state index in [1.807, 2.05) is 0 Å². The van der Waals surface area contributed by atoms with E-state index in [-0.39, 0.29) is 16.9 Å². The van der Waals surface area contributed by atoms with Gasteiger partial charge in [0.1, 0.15) is 5.75 Å². The van der Waals surface area contributed by atoms with Crippen molar-refractivity contribution in [1.82, 2.24) is 0 Å². The molecule has 3 nitrogen and oxygen atoms in total. The third-order valence-electron chi connectivity index (χ3n) is 3.09. The molecule has 3 N–H and O–H groups in total. The minimum atomic E-state index is -0.549. The van der Waals surface area contributed by atoms with Gasteiger partial charge in [-0.1, -0.05) is 0 Å². The highest BCUT2D eigenvalue weighted by Crippen LogP contribution is 2.51. The summed E-state index contributed by atoms with van der Waals surface area (Å²) < 4.78 is 18.1. The van der Waals surface area contributed by atoms with Gasteiger partial charge in [0.25, 0.3) is 0 Å². The monoisotopic (exact) mass is 211 g/mol. The van der Waals surface area contributed by atoms with Crippen LogP contribution in [0.2, 0.25) is 0 Å². The second-order valence-electron chi connectivity index (χ2n) is 3.99. The summed E-state index contributed by atoms with van der Waals surface area (Å²) in [7, 11) is 1.40. The van der Waals surface area contributed by atoms with Crippen LogP contribution in [0.1, 0.15) is 18.4 Å². The zero-order valence-corrected chi connectivity index (χ0v) is 8.59. The van der Waals surface area contributed by atoms with E-state index < -0.39 is 5.82 Å². The van der Waals surface area contributed by atoms with E-state index >= 15 is 0 Å². The summed E-state index contributed by atoms with van der Waals surface area (Å²) in [5, 5.41) is 9.67. The Labute approximate surface area is 87.7 Å². The van der Waals surface area contributed by atoms with E-state index in [2.05, 4.69) is 0 Å². The van der Waals surface area contributed by atoms with Gasteiger partial charge in [0.05, 0.1) is 7.11 Å². The number of halogens is 1. The molecule has 1 aliphatic carbocycles. The lowest BCUT2D eigenvalue weighted by molar-refractivity contribution is 0.379. The average Bonchev–Trinajstić information content (AvgIpc) is 2.99. The normalized spacial score (nSPS) is 17.5. The Morgan fingerprint density at radius 1 is 1.53 bits per heavy atom. The van der Waals surface area contributed by atoms with Crippen molar-refractivity contribution in [2.75, 3.05) is 13.7 Å². The molecular weight excluding hydrogens is 197 g/mol. The van der Waals surface area contributed by atoms with Crippen molar-refractivity contribution in [3.63, 3.8) is 0 Å². The van der Waals surface area contributed by atoms with Gasteiger partial charge in [-0.05, 0) is 18.9 Å². The number of nitrogens with two attached hydrogens (primary N) is 1. The number of hydrogen-bond acceptors (Lipinski definition) is 3. The summed E-state index contributed by atoms with van der Waals surface area (Å²) in [6.45, 7) is 0.468. The molecule has 1 fully saturated rings. The fourth-order valence-electron chi connectivity index (χ4n) is 1.86. The topological polar surface area (TPSA) is 55.5 Å². The number of benzene rings is 1. The van der Waals surface area contributed by atoms with Crippen molar-refractivity contribution in [2.45, 2.75) is 18.3 Å². The summed E-state index contributed by atoms with van der Waals surface area (Å²) in [5.41, 5.74) is 6.19. The third-order valence-corrected chi connectivity index (χ3v) is 3.09. The number of hydrogen-bond donors (Lipinski definition) is 2. The molecule has 2 rings (SSSR count). The summed E-state index contributed by atoms with van der Waals surface area (Å²) in [4.78, 5) is 0. The van der Waals surface area contributed by atoms with Crippen molar-refractivity contribution in [3.05, 3.63) is 23.5 Å². The van der Waals surface area contributed by atoms with Crippen LogP contribution < -0.4 is 10.5 Å². The van der Waals surface area contributed by atoms with Crippen LogP contribution in [0.25, 0.3) is 0 Å². The van der Waals surface area contributed by atoms with Crippen LogP contribution in [0.5, 0.6) is 11.5 Å². The second kappa shape index (κ2) is 3.38. The summed E-state index contributed by atoms with van der Waals surface area (Å²) >= 11 is 0. The first-order valence-corrected chi connectivity index (χ1v) is 4.90. The molecule has 82 valence electrons. The molecule has 0 aliphatic heterocycles. The van der Waals surface area contributed by atoms with E-state index in [9.17, 15) is 9.50 Å². The highest BCUT2D eigenvalue weighted by atomic mass is 19.1. The molecule has 4 heteroatoms. The predicted octanol–water partition coefficient (Wildman–Crippen LogP) is 1.53. The van der Waals surface area contributed by atoms with Gasteiger partial charge in [0.15, 0.2) is 11.6 Å². The van der Waals surface area contributed by atoms with Crippen LogP contribution in [0.3, 0.4) is 0 Å². The minimum Gasteiger partial charge on any atom is -0.508 e. The van der Waals surface area contributed by atoms with Gasteiger partial charge in [0, 0.05) is 23.6 Å². The number of methoxy groups -OCH3 is 1. The average molecular weight is 211 g/mol. The Hall–Kier alpha value is -1.29. The van der Waals surface area contributed by atoms with Crippen molar-refractivity contribution in [2.24, 2.45) is 5.73 Å². The molecule has 0 heterocycles. The Morgan fingerprint density at radius 3 is 2.67 bits per heavy atom. The van der Waals surface area contributed by atoms with Crippen LogP contribution in [0.15, 0.2) is 12.1 Å². The largest absolute Gasteiger partial charge is 0.508 e. The first-order valence-electron chi connectivity index (χ1n) is 4.90. The van der Waals surface area contributed by atoms with Crippen LogP contribution >= 0.6 is 0 Å². The lowest BCUT2D eigenvalue weighted by Gasteiger charge is -2.16. The van der Waals surface area contributed by atoms with Gasteiger partial charge in [-0.3, -0.25) is 0 Å². The number of aromatic hydroxyl groups is 1. The third kappa shape index (κ3) is 1.55. The first kappa shape index (κ1) is 10.2. The molecule has 1 saturated carbocycles. The maximum atomic E-state index is 13.2. The highest BCUT2D eigenvalue weighted by Gasteiger charge is 2.45. The lowest BCUT2D eigenvalue weighted by Crippen LogP contribution is -2.20. The molecular formula is C11H14FNO2. The van der Waals surface area contributed by atoms with Crippen molar-refractivity contribution in [3.8, 4) is 11.5 Å². The van der Waals surface area contributed by atoms with Crippen LogP contribution in [0, 0.1) is 5.82 Å². The molecule has 0 spiro atoms. The summed E-state index contributed by atoms with van der Waals surface area (Å²) in [6, 6.07) is 2.63. The molecule has 15 heavy (non-hydrogen) atoms. The van der Waals surface area contributed by atoms with Crippen molar-refractivity contribution < 1.29 is 14.2 Å². The molecule has 0 aromatic heterocycles. The minimum absolute atomic E-state index is 0.0312. The molecule has 0 amide bonds. The number of rotatable bonds is 3. The summed E-state index contributed by atoms with van der Waals surface area (Å²) in [5.74, 6) is -0.426. The Kier molecular flexibility index (Phi) is 2.31. The molecule has 0 saturated heterocycles. The van der Waals surface area contributed by atoms with Gasteiger partial charge in [-0.2, -0.15) is 0 Å². The molecule has 0 unspecified atom stereocenters. The maximum absolute atomic E-state index is 13.2. The number of phenols is 1. The molecule has 0 bridgehead atoms. The number of ether oxygens (including phenoxy) is 1. The van der Waals surface area contributed by atoms with E-state index in [4.69, 9.17) is 10.5 Å². The van der Waals surface area contributed by atoms with Gasteiger partial charge < -0.3 is 15.6 Å². The highest BCUT2D eigenvalue weighted by molar-refractivity contribution is 5.48. The van der Waals surface area contributed by atoms with E-state index in [0.717, 1.165) is 18.9 Å². The van der Waals surface area contributed by atoms with E-state index in [0.29, 0.717) is 12.1 Å².